The summed E-state index contributed by atoms with van der Waals surface area (Å²) < 4.78 is 0. The molecule has 0 amide bonds. The molecule has 5 nitrogen and oxygen atoms in total. The zero-order chi connectivity index (χ0) is 14.3. The van der Waals surface area contributed by atoms with Crippen LogP contribution in [0.15, 0.2) is 18.2 Å². The van der Waals surface area contributed by atoms with Crippen LogP contribution in [0.4, 0.5) is 11.4 Å². The number of rotatable bonds is 3. The van der Waals surface area contributed by atoms with Crippen molar-refractivity contribution in [3.05, 3.63) is 33.9 Å². The van der Waals surface area contributed by atoms with Crippen molar-refractivity contribution in [3.8, 4) is 0 Å². The third-order valence-corrected chi connectivity index (χ3v) is 4.87. The maximum atomic E-state index is 11.0. The molecule has 2 heterocycles. The SMILES string of the molecule is Cc1ccc(NC2CC3CCC(C2)N3C)cc1[N+](=O)[O-]. The fraction of sp³-hybridized carbons (Fsp3) is 0.600. The molecular weight excluding hydrogens is 254 g/mol. The standard InChI is InChI=1S/C15H21N3O2/c1-10-3-4-11(9-15(10)18(19)20)16-12-7-13-5-6-14(8-12)17(13)2/h3-4,9,12-14,16H,5-8H2,1-2H3. The highest BCUT2D eigenvalue weighted by atomic mass is 16.6. The second kappa shape index (κ2) is 5.05. The number of hydrogen-bond donors (Lipinski definition) is 1. The molecule has 0 radical (unpaired) electrons. The second-order valence-corrected chi connectivity index (χ2v) is 6.12. The molecule has 2 aliphatic rings. The molecule has 0 spiro atoms. The topological polar surface area (TPSA) is 58.4 Å². The average Bonchev–Trinajstić information content (AvgIpc) is 2.63. The summed E-state index contributed by atoms with van der Waals surface area (Å²) in [6.07, 6.45) is 4.84. The van der Waals surface area contributed by atoms with Gasteiger partial charge < -0.3 is 10.2 Å². The van der Waals surface area contributed by atoms with Crippen LogP contribution < -0.4 is 5.32 Å². The van der Waals surface area contributed by atoms with Gasteiger partial charge in [0.05, 0.1) is 4.92 Å². The number of benzene rings is 1. The number of aryl methyl sites for hydroxylation is 1. The average molecular weight is 275 g/mol. The van der Waals surface area contributed by atoms with Crippen molar-refractivity contribution in [3.63, 3.8) is 0 Å². The van der Waals surface area contributed by atoms with E-state index in [4.69, 9.17) is 0 Å². The predicted octanol–water partition coefficient (Wildman–Crippen LogP) is 2.94. The van der Waals surface area contributed by atoms with Gasteiger partial charge in [0.15, 0.2) is 0 Å². The van der Waals surface area contributed by atoms with Crippen molar-refractivity contribution in [1.29, 1.82) is 0 Å². The molecule has 1 aromatic carbocycles. The minimum Gasteiger partial charge on any atom is -0.382 e. The molecule has 0 aliphatic carbocycles. The van der Waals surface area contributed by atoms with Gasteiger partial charge in [0.25, 0.3) is 5.69 Å². The van der Waals surface area contributed by atoms with Gasteiger partial charge in [-0.25, -0.2) is 0 Å². The highest BCUT2D eigenvalue weighted by Crippen LogP contribution is 2.35. The van der Waals surface area contributed by atoms with Crippen LogP contribution in [0.5, 0.6) is 0 Å². The van der Waals surface area contributed by atoms with E-state index in [1.807, 2.05) is 12.1 Å². The Morgan fingerprint density at radius 1 is 1.30 bits per heavy atom. The van der Waals surface area contributed by atoms with Gasteiger partial charge in [-0.1, -0.05) is 6.07 Å². The van der Waals surface area contributed by atoms with E-state index >= 15 is 0 Å². The number of nitrogens with one attached hydrogen (secondary N) is 1. The predicted molar refractivity (Wildman–Crippen MR) is 79.1 cm³/mol. The highest BCUT2D eigenvalue weighted by Gasteiger charge is 2.38. The molecule has 2 aliphatic heterocycles. The third kappa shape index (κ3) is 2.38. The van der Waals surface area contributed by atoms with E-state index in [9.17, 15) is 10.1 Å². The lowest BCUT2D eigenvalue weighted by atomic mass is 9.97. The van der Waals surface area contributed by atoms with Crippen molar-refractivity contribution < 1.29 is 4.92 Å². The molecular formula is C15H21N3O2. The minimum atomic E-state index is -0.307. The van der Waals surface area contributed by atoms with Crippen LogP contribution in [0.3, 0.4) is 0 Å². The second-order valence-electron chi connectivity index (χ2n) is 6.12. The highest BCUT2D eigenvalue weighted by molar-refractivity contribution is 5.55. The molecule has 5 heteroatoms. The lowest BCUT2D eigenvalue weighted by Gasteiger charge is -2.37. The van der Waals surface area contributed by atoms with E-state index in [2.05, 4.69) is 17.3 Å². The number of nitro groups is 1. The van der Waals surface area contributed by atoms with Crippen LogP contribution in [0, 0.1) is 17.0 Å². The summed E-state index contributed by atoms with van der Waals surface area (Å²) in [5, 5.41) is 14.5. The Morgan fingerprint density at radius 2 is 1.95 bits per heavy atom. The van der Waals surface area contributed by atoms with Gasteiger partial charge in [0.1, 0.15) is 0 Å². The first kappa shape index (κ1) is 13.4. The summed E-state index contributed by atoms with van der Waals surface area (Å²) in [5.41, 5.74) is 1.78. The van der Waals surface area contributed by atoms with Gasteiger partial charge in [-0.2, -0.15) is 0 Å². The first-order chi connectivity index (χ1) is 9.54. The number of nitrogens with zero attached hydrogens (tertiary/aromatic N) is 2. The summed E-state index contributed by atoms with van der Waals surface area (Å²) in [7, 11) is 2.22. The van der Waals surface area contributed by atoms with Crippen LogP contribution in [0.1, 0.15) is 31.2 Å². The molecule has 108 valence electrons. The molecule has 0 saturated carbocycles. The largest absolute Gasteiger partial charge is 0.382 e. The lowest BCUT2D eigenvalue weighted by molar-refractivity contribution is -0.385. The molecule has 3 rings (SSSR count). The molecule has 2 fully saturated rings. The van der Waals surface area contributed by atoms with Crippen LogP contribution in [0.25, 0.3) is 0 Å². The van der Waals surface area contributed by atoms with E-state index in [0.29, 0.717) is 23.7 Å². The first-order valence-corrected chi connectivity index (χ1v) is 7.28. The van der Waals surface area contributed by atoms with Crippen molar-refractivity contribution in [2.24, 2.45) is 0 Å². The van der Waals surface area contributed by atoms with Gasteiger partial charge in [0, 0.05) is 35.4 Å². The van der Waals surface area contributed by atoms with E-state index < -0.39 is 0 Å². The van der Waals surface area contributed by atoms with Crippen LogP contribution in [0.2, 0.25) is 0 Å². The molecule has 1 N–H and O–H groups in total. The Labute approximate surface area is 119 Å². The van der Waals surface area contributed by atoms with E-state index in [1.165, 1.54) is 12.8 Å². The van der Waals surface area contributed by atoms with Crippen molar-refractivity contribution in [1.82, 2.24) is 4.90 Å². The fourth-order valence-electron chi connectivity index (χ4n) is 3.66. The van der Waals surface area contributed by atoms with Gasteiger partial charge in [-0.3, -0.25) is 10.1 Å². The molecule has 2 atom stereocenters. The molecule has 2 unspecified atom stereocenters. The maximum absolute atomic E-state index is 11.0. The molecule has 0 aromatic heterocycles. The smallest absolute Gasteiger partial charge is 0.274 e. The van der Waals surface area contributed by atoms with Gasteiger partial charge in [0.2, 0.25) is 0 Å². The Morgan fingerprint density at radius 3 is 2.55 bits per heavy atom. The number of anilines is 1. The number of piperidine rings is 1. The van der Waals surface area contributed by atoms with Crippen molar-refractivity contribution in [2.45, 2.75) is 50.7 Å². The fourth-order valence-corrected chi connectivity index (χ4v) is 3.66. The lowest BCUT2D eigenvalue weighted by Crippen LogP contribution is -2.44. The number of hydrogen-bond acceptors (Lipinski definition) is 4. The Bertz CT molecular complexity index is 518. The summed E-state index contributed by atoms with van der Waals surface area (Å²) in [5.74, 6) is 0. The van der Waals surface area contributed by atoms with Crippen LogP contribution in [-0.4, -0.2) is 35.0 Å². The van der Waals surface area contributed by atoms with Gasteiger partial charge >= 0.3 is 0 Å². The Kier molecular flexibility index (Phi) is 3.38. The minimum absolute atomic E-state index is 0.200. The number of nitro benzene ring substituents is 1. The zero-order valence-corrected chi connectivity index (χ0v) is 12.0. The van der Waals surface area contributed by atoms with E-state index in [1.54, 1.807) is 13.0 Å². The summed E-state index contributed by atoms with van der Waals surface area (Å²) in [4.78, 5) is 13.2. The summed E-state index contributed by atoms with van der Waals surface area (Å²) in [6, 6.07) is 7.21. The van der Waals surface area contributed by atoms with Crippen LogP contribution >= 0.6 is 0 Å². The Hall–Kier alpha value is -1.62. The summed E-state index contributed by atoms with van der Waals surface area (Å²) >= 11 is 0. The monoisotopic (exact) mass is 275 g/mol. The van der Waals surface area contributed by atoms with E-state index in [0.717, 1.165) is 18.5 Å². The first-order valence-electron chi connectivity index (χ1n) is 7.28. The maximum Gasteiger partial charge on any atom is 0.274 e. The Balaban J connectivity index is 1.73. The van der Waals surface area contributed by atoms with Crippen LogP contribution in [-0.2, 0) is 0 Å². The quantitative estimate of drug-likeness (QED) is 0.680. The van der Waals surface area contributed by atoms with E-state index in [-0.39, 0.29) is 10.6 Å². The molecule has 2 saturated heterocycles. The third-order valence-electron chi connectivity index (χ3n) is 4.87. The van der Waals surface area contributed by atoms with Crippen molar-refractivity contribution in [2.75, 3.05) is 12.4 Å². The van der Waals surface area contributed by atoms with Gasteiger partial charge in [-0.15, -0.1) is 0 Å². The normalized spacial score (nSPS) is 29.4. The zero-order valence-electron chi connectivity index (χ0n) is 12.0. The van der Waals surface area contributed by atoms with Gasteiger partial charge in [-0.05, 0) is 45.7 Å². The van der Waals surface area contributed by atoms with Crippen molar-refractivity contribution >= 4 is 11.4 Å². The molecule has 2 bridgehead atoms. The summed E-state index contributed by atoms with van der Waals surface area (Å²) in [6.45, 7) is 1.78. The molecule has 20 heavy (non-hydrogen) atoms. The number of fused-ring (bicyclic) bond motifs is 2. The molecule has 1 aromatic rings.